The largest absolute Gasteiger partial charge is 0.491 e. The minimum Gasteiger partial charge on any atom is -0.491 e. The van der Waals surface area contributed by atoms with Crippen LogP contribution in [0, 0.1) is 20.2 Å². The zero-order chi connectivity index (χ0) is 29.0. The number of ether oxygens (including phenoxy) is 6. The number of rotatable bonds is 7. The molecular formula is C24H28F3N3O10. The van der Waals surface area contributed by atoms with Gasteiger partial charge < -0.3 is 33.7 Å². The number of nitro benzene ring substituents is 2. The van der Waals surface area contributed by atoms with Gasteiger partial charge in [0.05, 0.1) is 80.9 Å². The molecule has 3 rings (SSSR count). The summed E-state index contributed by atoms with van der Waals surface area (Å²) in [5, 5.41) is 24.8. The van der Waals surface area contributed by atoms with Gasteiger partial charge in [0.2, 0.25) is 0 Å². The number of hydrogen-bond donors (Lipinski definition) is 1. The molecule has 13 nitrogen and oxygen atoms in total. The molecule has 1 unspecified atom stereocenters. The molecule has 2 aromatic carbocycles. The SMILES string of the molecule is O=[N+]([O-])c1cc([N+](=O)[O-])c(Nc2ccc(OCC3COCCOCCOCCOCCO3)cc2)c(C(F)(F)F)c1. The van der Waals surface area contributed by atoms with E-state index in [1.807, 2.05) is 0 Å². The van der Waals surface area contributed by atoms with Gasteiger partial charge in [-0.1, -0.05) is 0 Å². The Kier molecular flexibility index (Phi) is 11.8. The van der Waals surface area contributed by atoms with Crippen molar-refractivity contribution in [3.63, 3.8) is 0 Å². The normalized spacial score (nSPS) is 18.2. The van der Waals surface area contributed by atoms with E-state index in [9.17, 15) is 33.4 Å². The Labute approximate surface area is 226 Å². The maximum absolute atomic E-state index is 13.6. The third-order valence-corrected chi connectivity index (χ3v) is 5.38. The second-order valence-corrected chi connectivity index (χ2v) is 8.26. The third-order valence-electron chi connectivity index (χ3n) is 5.38. The van der Waals surface area contributed by atoms with Crippen molar-refractivity contribution in [2.75, 3.05) is 71.4 Å². The van der Waals surface area contributed by atoms with Gasteiger partial charge in [-0.15, -0.1) is 0 Å². The van der Waals surface area contributed by atoms with E-state index in [2.05, 4.69) is 5.32 Å². The van der Waals surface area contributed by atoms with Crippen molar-refractivity contribution in [2.45, 2.75) is 12.3 Å². The number of alkyl halides is 3. The first-order chi connectivity index (χ1) is 19.1. The van der Waals surface area contributed by atoms with Crippen LogP contribution in [0.4, 0.5) is 35.9 Å². The van der Waals surface area contributed by atoms with E-state index in [0.717, 1.165) is 0 Å². The molecule has 0 radical (unpaired) electrons. The summed E-state index contributed by atoms with van der Waals surface area (Å²) in [5.74, 6) is 0.344. The molecule has 40 heavy (non-hydrogen) atoms. The van der Waals surface area contributed by atoms with Crippen LogP contribution in [0.15, 0.2) is 36.4 Å². The highest BCUT2D eigenvalue weighted by Gasteiger charge is 2.39. The summed E-state index contributed by atoms with van der Waals surface area (Å²) < 4.78 is 74.1. The quantitative estimate of drug-likeness (QED) is 0.375. The number of hydrogen-bond acceptors (Lipinski definition) is 11. The lowest BCUT2D eigenvalue weighted by Crippen LogP contribution is -2.29. The third kappa shape index (κ3) is 9.87. The molecule has 1 atom stereocenters. The number of benzene rings is 2. The number of nitro groups is 2. The van der Waals surface area contributed by atoms with Crippen LogP contribution in [0.3, 0.4) is 0 Å². The first kappa shape index (κ1) is 31.0. The molecule has 0 aliphatic carbocycles. The van der Waals surface area contributed by atoms with E-state index < -0.39 is 44.8 Å². The van der Waals surface area contributed by atoms with Crippen LogP contribution >= 0.6 is 0 Å². The molecule has 2 aromatic rings. The second kappa shape index (κ2) is 15.3. The summed E-state index contributed by atoms with van der Waals surface area (Å²) in [4.78, 5) is 20.2. The Hall–Kier alpha value is -3.57. The lowest BCUT2D eigenvalue weighted by atomic mass is 10.1. The maximum Gasteiger partial charge on any atom is 0.418 e. The molecule has 0 aromatic heterocycles. The lowest BCUT2D eigenvalue weighted by Gasteiger charge is -2.19. The van der Waals surface area contributed by atoms with E-state index >= 15 is 0 Å². The van der Waals surface area contributed by atoms with Gasteiger partial charge in [-0.3, -0.25) is 20.2 Å². The number of halogens is 3. The molecule has 220 valence electrons. The Morgan fingerprint density at radius 3 is 1.98 bits per heavy atom. The second-order valence-electron chi connectivity index (χ2n) is 8.26. The van der Waals surface area contributed by atoms with Gasteiger partial charge in [0.1, 0.15) is 24.1 Å². The fraction of sp³-hybridized carbons (Fsp3) is 0.500. The molecule has 1 aliphatic rings. The molecule has 1 heterocycles. The first-order valence-electron chi connectivity index (χ1n) is 12.1. The summed E-state index contributed by atoms with van der Waals surface area (Å²) >= 11 is 0. The van der Waals surface area contributed by atoms with Gasteiger partial charge in [0, 0.05) is 11.8 Å². The average Bonchev–Trinajstić information content (AvgIpc) is 2.92. The smallest absolute Gasteiger partial charge is 0.418 e. The fourth-order valence-corrected chi connectivity index (χ4v) is 3.48. The molecule has 16 heteroatoms. The van der Waals surface area contributed by atoms with Crippen LogP contribution < -0.4 is 10.1 Å². The fourth-order valence-electron chi connectivity index (χ4n) is 3.48. The predicted molar refractivity (Wildman–Crippen MR) is 133 cm³/mol. The van der Waals surface area contributed by atoms with Crippen LogP contribution in [-0.4, -0.2) is 82.0 Å². The van der Waals surface area contributed by atoms with Crippen molar-refractivity contribution >= 4 is 22.7 Å². The van der Waals surface area contributed by atoms with Crippen LogP contribution in [0.1, 0.15) is 5.56 Å². The summed E-state index contributed by atoms with van der Waals surface area (Å²) in [6.45, 7) is 3.38. The number of nitrogens with one attached hydrogen (secondary N) is 1. The van der Waals surface area contributed by atoms with Crippen molar-refractivity contribution in [1.82, 2.24) is 0 Å². The molecule has 0 amide bonds. The van der Waals surface area contributed by atoms with Crippen LogP contribution in [-0.2, 0) is 29.9 Å². The van der Waals surface area contributed by atoms with Crippen LogP contribution in [0.5, 0.6) is 5.75 Å². The van der Waals surface area contributed by atoms with E-state index in [0.29, 0.717) is 58.1 Å². The van der Waals surface area contributed by atoms with Crippen molar-refractivity contribution in [1.29, 1.82) is 0 Å². The highest BCUT2D eigenvalue weighted by molar-refractivity contribution is 5.76. The summed E-state index contributed by atoms with van der Waals surface area (Å²) in [5.41, 5.74) is -4.55. The number of anilines is 2. The van der Waals surface area contributed by atoms with Crippen molar-refractivity contribution in [3.05, 3.63) is 62.2 Å². The molecule has 1 aliphatic heterocycles. The Balaban J connectivity index is 1.66. The zero-order valence-electron chi connectivity index (χ0n) is 21.2. The molecule has 0 bridgehead atoms. The maximum atomic E-state index is 13.6. The Morgan fingerprint density at radius 1 is 0.850 bits per heavy atom. The Morgan fingerprint density at radius 2 is 1.43 bits per heavy atom. The van der Waals surface area contributed by atoms with Crippen molar-refractivity contribution < 1.29 is 51.4 Å². The first-order valence-corrected chi connectivity index (χ1v) is 12.1. The van der Waals surface area contributed by atoms with Crippen LogP contribution in [0.2, 0.25) is 0 Å². The van der Waals surface area contributed by atoms with Gasteiger partial charge in [-0.2, -0.15) is 13.2 Å². The zero-order valence-corrected chi connectivity index (χ0v) is 21.2. The highest BCUT2D eigenvalue weighted by atomic mass is 19.4. The van der Waals surface area contributed by atoms with E-state index in [4.69, 9.17) is 28.4 Å². The van der Waals surface area contributed by atoms with Gasteiger partial charge >= 0.3 is 6.18 Å². The molecule has 1 fully saturated rings. The summed E-state index contributed by atoms with van der Waals surface area (Å²) in [7, 11) is 0. The van der Waals surface area contributed by atoms with Gasteiger partial charge in [-0.05, 0) is 24.3 Å². The van der Waals surface area contributed by atoms with E-state index in [1.54, 1.807) is 0 Å². The van der Waals surface area contributed by atoms with Gasteiger partial charge in [0.15, 0.2) is 0 Å². The predicted octanol–water partition coefficient (Wildman–Crippen LogP) is 4.11. The molecule has 1 saturated heterocycles. The monoisotopic (exact) mass is 575 g/mol. The molecular weight excluding hydrogens is 547 g/mol. The minimum absolute atomic E-state index is 0.0597. The number of non-ortho nitro benzene ring substituents is 1. The average molecular weight is 575 g/mol. The standard InChI is InChI=1S/C24H28F3N3O10/c25-24(26,27)21-13-18(29(31)32)14-22(30(33)34)23(21)28-17-1-3-19(4-2-17)40-16-20-15-38-10-9-36-6-5-35-7-8-37-11-12-39-20/h1-4,13-14,20,28H,5-12,15-16H2. The van der Waals surface area contributed by atoms with Gasteiger partial charge in [-0.25, -0.2) is 0 Å². The van der Waals surface area contributed by atoms with Gasteiger partial charge in [0.25, 0.3) is 11.4 Å². The number of nitrogens with zero attached hydrogens (tertiary/aromatic N) is 2. The topological polar surface area (TPSA) is 154 Å². The van der Waals surface area contributed by atoms with Crippen molar-refractivity contribution in [2.24, 2.45) is 0 Å². The van der Waals surface area contributed by atoms with Crippen molar-refractivity contribution in [3.8, 4) is 5.75 Å². The highest BCUT2D eigenvalue weighted by Crippen LogP contribution is 2.43. The molecule has 0 saturated carbocycles. The lowest BCUT2D eigenvalue weighted by molar-refractivity contribution is -0.394. The summed E-state index contributed by atoms with van der Waals surface area (Å²) in [6.07, 6.45) is -5.56. The van der Waals surface area contributed by atoms with E-state index in [1.165, 1.54) is 24.3 Å². The Bertz CT molecular complexity index is 1100. The molecule has 0 spiro atoms. The van der Waals surface area contributed by atoms with Crippen LogP contribution in [0.25, 0.3) is 0 Å². The summed E-state index contributed by atoms with van der Waals surface area (Å²) in [6, 6.07) is 6.29. The minimum atomic E-state index is -5.10. The van der Waals surface area contributed by atoms with E-state index in [-0.39, 0.29) is 31.6 Å². The molecule has 1 N–H and O–H groups in total.